The molecule has 1 fully saturated rings. The van der Waals surface area contributed by atoms with Gasteiger partial charge in [-0.05, 0) is 48.1 Å². The van der Waals surface area contributed by atoms with E-state index in [1.807, 2.05) is 31.4 Å². The van der Waals surface area contributed by atoms with Crippen molar-refractivity contribution < 1.29 is 4.79 Å². The third-order valence-corrected chi connectivity index (χ3v) is 4.41. The van der Waals surface area contributed by atoms with Gasteiger partial charge in [0, 0.05) is 25.0 Å². The number of nitrogen functional groups attached to an aromatic ring is 1. The van der Waals surface area contributed by atoms with Crippen molar-refractivity contribution in [3.8, 4) is 11.1 Å². The van der Waals surface area contributed by atoms with Crippen LogP contribution in [-0.2, 0) is 7.05 Å². The second-order valence-electron chi connectivity index (χ2n) is 6.41. The van der Waals surface area contributed by atoms with Gasteiger partial charge < -0.3 is 11.1 Å². The van der Waals surface area contributed by atoms with E-state index in [9.17, 15) is 4.79 Å². The normalized spacial score (nSPS) is 13.6. The minimum Gasteiger partial charge on any atom is -0.397 e. The number of nitrogens with two attached hydrogens (primary N) is 1. The Balaban J connectivity index is 1.55. The van der Waals surface area contributed by atoms with E-state index in [4.69, 9.17) is 5.73 Å². The Morgan fingerprint density at radius 2 is 2.04 bits per heavy atom. The summed E-state index contributed by atoms with van der Waals surface area (Å²) >= 11 is 0. The highest BCUT2D eigenvalue weighted by Crippen LogP contribution is 2.39. The van der Waals surface area contributed by atoms with Crippen molar-refractivity contribution in [1.82, 2.24) is 14.8 Å². The van der Waals surface area contributed by atoms with Gasteiger partial charge in [0.05, 0.1) is 17.6 Å². The lowest BCUT2D eigenvalue weighted by atomic mass is 10.1. The molecule has 6 heteroatoms. The third kappa shape index (κ3) is 3.24. The molecule has 0 saturated heterocycles. The molecular formula is C19H19N5O. The maximum Gasteiger partial charge on any atom is 0.274 e. The summed E-state index contributed by atoms with van der Waals surface area (Å²) in [5, 5.41) is 7.02. The van der Waals surface area contributed by atoms with Gasteiger partial charge in [-0.15, -0.1) is 0 Å². The van der Waals surface area contributed by atoms with Crippen molar-refractivity contribution in [3.63, 3.8) is 0 Å². The van der Waals surface area contributed by atoms with E-state index in [1.165, 1.54) is 18.4 Å². The molecule has 1 aliphatic carbocycles. The van der Waals surface area contributed by atoms with Gasteiger partial charge >= 0.3 is 0 Å². The highest BCUT2D eigenvalue weighted by atomic mass is 16.1. The van der Waals surface area contributed by atoms with Crippen LogP contribution in [0.15, 0.2) is 48.9 Å². The Morgan fingerprint density at radius 3 is 2.68 bits per heavy atom. The zero-order valence-corrected chi connectivity index (χ0v) is 13.9. The van der Waals surface area contributed by atoms with Crippen LogP contribution in [-0.4, -0.2) is 20.7 Å². The molecule has 4 rings (SSSR count). The van der Waals surface area contributed by atoms with Crippen molar-refractivity contribution in [2.75, 3.05) is 11.1 Å². The molecule has 1 saturated carbocycles. The fourth-order valence-electron chi connectivity index (χ4n) is 2.80. The predicted octanol–water partition coefficient (Wildman–Crippen LogP) is 3.19. The van der Waals surface area contributed by atoms with E-state index in [0.717, 1.165) is 11.1 Å². The van der Waals surface area contributed by atoms with Crippen molar-refractivity contribution >= 4 is 17.3 Å². The van der Waals surface area contributed by atoms with Gasteiger partial charge in [-0.3, -0.25) is 14.5 Å². The van der Waals surface area contributed by atoms with Crippen molar-refractivity contribution in [2.24, 2.45) is 7.05 Å². The second kappa shape index (κ2) is 6.05. The van der Waals surface area contributed by atoms with Crippen molar-refractivity contribution in [3.05, 3.63) is 60.2 Å². The molecule has 1 amide bonds. The van der Waals surface area contributed by atoms with Crippen LogP contribution in [0.5, 0.6) is 0 Å². The molecule has 3 N–H and O–H groups in total. The largest absolute Gasteiger partial charge is 0.397 e. The number of benzene rings is 1. The van der Waals surface area contributed by atoms with Gasteiger partial charge in [-0.25, -0.2) is 0 Å². The molecule has 3 aromatic rings. The number of amides is 1. The average Bonchev–Trinajstić information content (AvgIpc) is 3.38. The van der Waals surface area contributed by atoms with Crippen LogP contribution in [0.4, 0.5) is 11.4 Å². The Hall–Kier alpha value is -3.15. The number of hydrogen-bond acceptors (Lipinski definition) is 4. The van der Waals surface area contributed by atoms with Gasteiger partial charge in [0.2, 0.25) is 0 Å². The molecule has 0 spiro atoms. The summed E-state index contributed by atoms with van der Waals surface area (Å²) in [6.45, 7) is 0. The lowest BCUT2D eigenvalue weighted by Gasteiger charge is -2.10. The van der Waals surface area contributed by atoms with E-state index in [0.29, 0.717) is 23.0 Å². The molecule has 0 atom stereocenters. The maximum atomic E-state index is 12.5. The molecule has 1 aromatic carbocycles. The fraction of sp³-hybridized carbons (Fsp3) is 0.211. The minimum absolute atomic E-state index is 0.266. The fourth-order valence-corrected chi connectivity index (χ4v) is 2.80. The van der Waals surface area contributed by atoms with Gasteiger partial charge in [0.1, 0.15) is 5.69 Å². The molecule has 0 bridgehead atoms. The number of nitrogens with one attached hydrogen (secondary N) is 1. The van der Waals surface area contributed by atoms with Gasteiger partial charge in [0.15, 0.2) is 0 Å². The first-order valence-corrected chi connectivity index (χ1v) is 8.26. The zero-order chi connectivity index (χ0) is 17.4. The number of carbonyl (C=O) groups is 1. The predicted molar refractivity (Wildman–Crippen MR) is 97.2 cm³/mol. The maximum absolute atomic E-state index is 12.5. The zero-order valence-electron chi connectivity index (χ0n) is 13.9. The van der Waals surface area contributed by atoms with E-state index < -0.39 is 0 Å². The second-order valence-corrected chi connectivity index (χ2v) is 6.41. The van der Waals surface area contributed by atoms with E-state index >= 15 is 0 Å². The summed E-state index contributed by atoms with van der Waals surface area (Å²) in [7, 11) is 1.86. The van der Waals surface area contributed by atoms with Gasteiger partial charge in [-0.2, -0.15) is 5.10 Å². The van der Waals surface area contributed by atoms with Gasteiger partial charge in [-0.1, -0.05) is 12.1 Å². The molecular weight excluding hydrogens is 314 g/mol. The molecule has 0 unspecified atom stereocenters. The van der Waals surface area contributed by atoms with Crippen LogP contribution in [0, 0.1) is 0 Å². The highest BCUT2D eigenvalue weighted by Gasteiger charge is 2.24. The van der Waals surface area contributed by atoms with Crippen LogP contribution in [0.25, 0.3) is 11.1 Å². The first-order valence-electron chi connectivity index (χ1n) is 8.26. The molecule has 6 nitrogen and oxygen atoms in total. The number of aryl methyl sites for hydroxylation is 1. The number of anilines is 2. The molecule has 25 heavy (non-hydrogen) atoms. The monoisotopic (exact) mass is 333 g/mol. The van der Waals surface area contributed by atoms with Crippen LogP contribution in [0.3, 0.4) is 0 Å². The quantitative estimate of drug-likeness (QED) is 0.718. The van der Waals surface area contributed by atoms with Crippen LogP contribution >= 0.6 is 0 Å². The van der Waals surface area contributed by atoms with Crippen molar-refractivity contribution in [2.45, 2.75) is 18.8 Å². The molecule has 1 aliphatic rings. The van der Waals surface area contributed by atoms with Crippen LogP contribution in [0.1, 0.15) is 34.8 Å². The molecule has 0 radical (unpaired) electrons. The first kappa shape index (κ1) is 15.4. The standard InChI is InChI=1S/C19H19N5O/c1-24-11-15(10-22-24)13-4-6-16(20)18(8-13)23-19(25)17-7-5-14(9-21-17)12-2-3-12/h4-12H,2-3,20H2,1H3,(H,23,25). The Morgan fingerprint density at radius 1 is 1.20 bits per heavy atom. The number of pyridine rings is 1. The van der Waals surface area contributed by atoms with Gasteiger partial charge in [0.25, 0.3) is 5.91 Å². The summed E-state index contributed by atoms with van der Waals surface area (Å²) < 4.78 is 1.73. The number of rotatable bonds is 4. The van der Waals surface area contributed by atoms with E-state index in [-0.39, 0.29) is 5.91 Å². The summed E-state index contributed by atoms with van der Waals surface area (Å²) in [4.78, 5) is 16.8. The SMILES string of the molecule is Cn1cc(-c2ccc(N)c(NC(=O)c3ccc(C4CC4)cn3)c2)cn1. The Kier molecular flexibility index (Phi) is 3.72. The summed E-state index contributed by atoms with van der Waals surface area (Å²) in [6, 6.07) is 9.29. The number of nitrogens with zero attached hydrogens (tertiary/aromatic N) is 3. The molecule has 2 aromatic heterocycles. The van der Waals surface area contributed by atoms with E-state index in [1.54, 1.807) is 29.2 Å². The summed E-state index contributed by atoms with van der Waals surface area (Å²) in [6.07, 6.45) is 7.91. The molecule has 126 valence electrons. The number of aromatic nitrogens is 3. The van der Waals surface area contributed by atoms with E-state index in [2.05, 4.69) is 15.4 Å². The average molecular weight is 333 g/mol. The lowest BCUT2D eigenvalue weighted by Crippen LogP contribution is -2.14. The molecule has 2 heterocycles. The Bertz CT molecular complexity index is 925. The number of carbonyl (C=O) groups excluding carboxylic acids is 1. The van der Waals surface area contributed by atoms with Crippen LogP contribution in [0.2, 0.25) is 0 Å². The lowest BCUT2D eigenvalue weighted by molar-refractivity contribution is 0.102. The summed E-state index contributed by atoms with van der Waals surface area (Å²) in [5.41, 5.74) is 10.6. The van der Waals surface area contributed by atoms with Crippen LogP contribution < -0.4 is 11.1 Å². The third-order valence-electron chi connectivity index (χ3n) is 4.41. The Labute approximate surface area is 145 Å². The summed E-state index contributed by atoms with van der Waals surface area (Å²) in [5.74, 6) is 0.355. The van der Waals surface area contributed by atoms with Crippen molar-refractivity contribution in [1.29, 1.82) is 0 Å². The molecule has 0 aliphatic heterocycles. The first-order chi connectivity index (χ1) is 12.1. The highest BCUT2D eigenvalue weighted by molar-refractivity contribution is 6.04. The topological polar surface area (TPSA) is 85.8 Å². The smallest absolute Gasteiger partial charge is 0.274 e. The number of hydrogen-bond donors (Lipinski definition) is 2. The minimum atomic E-state index is -0.266.